The molecule has 0 bridgehead atoms. The molecule has 0 spiro atoms. The van der Waals surface area contributed by atoms with Crippen LogP contribution in [0.1, 0.15) is 75.9 Å². The van der Waals surface area contributed by atoms with E-state index in [0.717, 1.165) is 6.42 Å². The molecule has 2 rings (SSSR count). The number of ether oxygens (including phenoxy) is 1. The predicted molar refractivity (Wildman–Crippen MR) is 119 cm³/mol. The van der Waals surface area contributed by atoms with E-state index < -0.39 is 12.0 Å². The van der Waals surface area contributed by atoms with E-state index in [4.69, 9.17) is 4.74 Å². The summed E-state index contributed by atoms with van der Waals surface area (Å²) in [4.78, 5) is 41.3. The summed E-state index contributed by atoms with van der Waals surface area (Å²) in [7, 11) is 1.75. The third-order valence-electron chi connectivity index (χ3n) is 5.43. The molecule has 2 aromatic rings. The smallest absolute Gasteiger partial charge is 0.355 e. The summed E-state index contributed by atoms with van der Waals surface area (Å²) in [5.74, 6) is -0.339. The molecule has 7 heteroatoms. The van der Waals surface area contributed by atoms with Crippen molar-refractivity contribution < 1.29 is 19.1 Å². The van der Waals surface area contributed by atoms with Gasteiger partial charge in [0, 0.05) is 24.8 Å². The summed E-state index contributed by atoms with van der Waals surface area (Å²) in [6.45, 7) is 12.0. The summed E-state index contributed by atoms with van der Waals surface area (Å²) >= 11 is 1.37. The van der Waals surface area contributed by atoms with Crippen LogP contribution in [0.4, 0.5) is 0 Å². The van der Waals surface area contributed by atoms with Crippen LogP contribution in [0.5, 0.6) is 0 Å². The third kappa shape index (κ3) is 4.83. The van der Waals surface area contributed by atoms with Gasteiger partial charge >= 0.3 is 5.97 Å². The molecule has 0 aromatic carbocycles. The Hall–Kier alpha value is -2.41. The van der Waals surface area contributed by atoms with Crippen LogP contribution in [-0.4, -0.2) is 46.3 Å². The second-order valence-corrected chi connectivity index (χ2v) is 8.86. The largest absolute Gasteiger partial charge is 0.461 e. The van der Waals surface area contributed by atoms with Crippen molar-refractivity contribution in [3.8, 4) is 0 Å². The van der Waals surface area contributed by atoms with Gasteiger partial charge in [0.1, 0.15) is 5.69 Å². The van der Waals surface area contributed by atoms with Crippen molar-refractivity contribution in [2.75, 3.05) is 13.2 Å². The first-order valence-electron chi connectivity index (χ1n) is 10.3. The van der Waals surface area contributed by atoms with Crippen molar-refractivity contribution in [2.24, 2.45) is 13.0 Å². The Morgan fingerprint density at radius 1 is 1.20 bits per heavy atom. The van der Waals surface area contributed by atoms with E-state index in [2.05, 4.69) is 13.8 Å². The molecule has 0 saturated heterocycles. The maximum absolute atomic E-state index is 13.5. The van der Waals surface area contributed by atoms with Gasteiger partial charge in [0.05, 0.1) is 17.5 Å². The molecule has 0 aliphatic heterocycles. The average molecular weight is 433 g/mol. The number of carbonyl (C=O) groups is 3. The SMILES string of the molecule is CCOC(=O)c1c(C)c(C(=O)C(C)N(CCC(C)C)C(=O)c2cccs2)c(C)n1C. The highest BCUT2D eigenvalue weighted by atomic mass is 32.1. The first-order valence-corrected chi connectivity index (χ1v) is 11.2. The fourth-order valence-electron chi connectivity index (χ4n) is 3.59. The Morgan fingerprint density at radius 2 is 1.87 bits per heavy atom. The highest BCUT2D eigenvalue weighted by Crippen LogP contribution is 2.26. The predicted octanol–water partition coefficient (Wildman–Crippen LogP) is 4.64. The maximum Gasteiger partial charge on any atom is 0.355 e. The van der Waals surface area contributed by atoms with E-state index in [9.17, 15) is 14.4 Å². The quantitative estimate of drug-likeness (QED) is 0.428. The Kier molecular flexibility index (Phi) is 8.01. The maximum atomic E-state index is 13.5. The molecular formula is C23H32N2O4S. The zero-order valence-corrected chi connectivity index (χ0v) is 19.8. The van der Waals surface area contributed by atoms with Crippen molar-refractivity contribution in [3.63, 3.8) is 0 Å². The molecule has 6 nitrogen and oxygen atoms in total. The number of rotatable bonds is 9. The number of carbonyl (C=O) groups excluding carboxylic acids is 3. The highest BCUT2D eigenvalue weighted by molar-refractivity contribution is 7.12. The minimum Gasteiger partial charge on any atom is -0.461 e. The average Bonchev–Trinajstić information content (AvgIpc) is 3.29. The molecule has 30 heavy (non-hydrogen) atoms. The molecule has 0 fully saturated rings. The number of esters is 1. The summed E-state index contributed by atoms with van der Waals surface area (Å²) in [6, 6.07) is 2.97. The van der Waals surface area contributed by atoms with E-state index in [1.165, 1.54) is 11.3 Å². The lowest BCUT2D eigenvalue weighted by molar-refractivity contribution is 0.0513. The summed E-state index contributed by atoms with van der Waals surface area (Å²) in [5.41, 5.74) is 2.15. The minimum atomic E-state index is -0.645. The first-order chi connectivity index (χ1) is 14.1. The normalized spacial score (nSPS) is 12.1. The van der Waals surface area contributed by atoms with Crippen LogP contribution in [-0.2, 0) is 11.8 Å². The number of ketones is 1. The van der Waals surface area contributed by atoms with Crippen molar-refractivity contribution in [2.45, 2.75) is 54.0 Å². The second kappa shape index (κ2) is 10.1. The van der Waals surface area contributed by atoms with E-state index in [0.29, 0.717) is 39.9 Å². The lowest BCUT2D eigenvalue weighted by Crippen LogP contribution is -2.44. The lowest BCUT2D eigenvalue weighted by atomic mass is 9.99. The molecule has 164 valence electrons. The van der Waals surface area contributed by atoms with Crippen LogP contribution in [0.3, 0.4) is 0 Å². The van der Waals surface area contributed by atoms with Gasteiger partial charge in [0.25, 0.3) is 5.91 Å². The first kappa shape index (κ1) is 23.9. The molecule has 2 heterocycles. The number of nitrogens with zero attached hydrogens (tertiary/aromatic N) is 2. The fourth-order valence-corrected chi connectivity index (χ4v) is 4.27. The standard InChI is InChI=1S/C23H32N2O4S/c1-8-29-23(28)20-15(4)19(16(5)24(20)7)21(26)17(6)25(12-11-14(2)3)22(27)18-10-9-13-30-18/h9-10,13-14,17H,8,11-12H2,1-7H3. The van der Waals surface area contributed by atoms with Gasteiger partial charge in [-0.2, -0.15) is 0 Å². The van der Waals surface area contributed by atoms with Crippen molar-refractivity contribution >= 4 is 29.0 Å². The fraction of sp³-hybridized carbons (Fsp3) is 0.522. The Labute approximate surface area is 182 Å². The highest BCUT2D eigenvalue weighted by Gasteiger charge is 2.33. The molecule has 1 unspecified atom stereocenters. The van der Waals surface area contributed by atoms with E-state index in [1.54, 1.807) is 43.4 Å². The molecule has 0 N–H and O–H groups in total. The molecule has 0 aliphatic rings. The summed E-state index contributed by atoms with van der Waals surface area (Å²) in [5, 5.41) is 1.86. The zero-order valence-electron chi connectivity index (χ0n) is 18.9. The number of thiophene rings is 1. The number of aromatic nitrogens is 1. The number of hydrogen-bond acceptors (Lipinski definition) is 5. The second-order valence-electron chi connectivity index (χ2n) is 7.91. The number of amides is 1. The van der Waals surface area contributed by atoms with Crippen molar-refractivity contribution in [1.29, 1.82) is 0 Å². The van der Waals surface area contributed by atoms with Gasteiger partial charge in [-0.05, 0) is 57.0 Å². The lowest BCUT2D eigenvalue weighted by Gasteiger charge is -2.29. The zero-order chi connectivity index (χ0) is 22.6. The van der Waals surface area contributed by atoms with E-state index in [1.807, 2.05) is 18.4 Å². The van der Waals surface area contributed by atoms with Gasteiger partial charge < -0.3 is 14.2 Å². The van der Waals surface area contributed by atoms with Gasteiger partial charge in [0.15, 0.2) is 5.78 Å². The van der Waals surface area contributed by atoms with Crippen molar-refractivity contribution in [1.82, 2.24) is 9.47 Å². The van der Waals surface area contributed by atoms with Gasteiger partial charge in [-0.3, -0.25) is 9.59 Å². The van der Waals surface area contributed by atoms with Crippen LogP contribution < -0.4 is 0 Å². The Balaban J connectivity index is 2.42. The van der Waals surface area contributed by atoms with Gasteiger partial charge in [-0.25, -0.2) is 4.79 Å². The Morgan fingerprint density at radius 3 is 2.40 bits per heavy atom. The van der Waals surface area contributed by atoms with Crippen LogP contribution in [0.25, 0.3) is 0 Å². The van der Waals surface area contributed by atoms with Crippen LogP contribution in [0.2, 0.25) is 0 Å². The van der Waals surface area contributed by atoms with Crippen LogP contribution in [0.15, 0.2) is 17.5 Å². The van der Waals surface area contributed by atoms with E-state index >= 15 is 0 Å². The van der Waals surface area contributed by atoms with Gasteiger partial charge in [-0.15, -0.1) is 11.3 Å². The molecule has 1 atom stereocenters. The third-order valence-corrected chi connectivity index (χ3v) is 6.29. The summed E-state index contributed by atoms with van der Waals surface area (Å²) in [6.07, 6.45) is 0.801. The molecular weight excluding hydrogens is 400 g/mol. The Bertz CT molecular complexity index is 912. The molecule has 0 radical (unpaired) electrons. The van der Waals surface area contributed by atoms with E-state index in [-0.39, 0.29) is 18.3 Å². The molecule has 0 saturated carbocycles. The number of Topliss-reactive ketones (excluding diaryl/α,β-unsaturated/α-hetero) is 1. The molecule has 0 aliphatic carbocycles. The van der Waals surface area contributed by atoms with Crippen LogP contribution in [0, 0.1) is 19.8 Å². The monoisotopic (exact) mass is 432 g/mol. The van der Waals surface area contributed by atoms with Gasteiger partial charge in [0.2, 0.25) is 0 Å². The topological polar surface area (TPSA) is 68.6 Å². The van der Waals surface area contributed by atoms with Gasteiger partial charge in [-0.1, -0.05) is 19.9 Å². The molecule has 2 aromatic heterocycles. The molecule has 1 amide bonds. The minimum absolute atomic E-state index is 0.136. The number of hydrogen-bond donors (Lipinski definition) is 0. The van der Waals surface area contributed by atoms with Crippen LogP contribution >= 0.6 is 11.3 Å². The summed E-state index contributed by atoms with van der Waals surface area (Å²) < 4.78 is 6.86. The van der Waals surface area contributed by atoms with Crippen molar-refractivity contribution in [3.05, 3.63) is 44.9 Å².